The molecule has 0 radical (unpaired) electrons. The maximum Gasteiger partial charge on any atom is 0.341 e. The number of fused-ring (bicyclic) bond motifs is 1. The number of anilines is 2. The van der Waals surface area contributed by atoms with Crippen LogP contribution >= 0.6 is 34.3 Å². The zero-order valence-electron chi connectivity index (χ0n) is 22.7. The number of carbonyl (C=O) groups is 3. The molecule has 0 fully saturated rings. The van der Waals surface area contributed by atoms with Crippen molar-refractivity contribution in [2.45, 2.75) is 27.2 Å². The van der Waals surface area contributed by atoms with Gasteiger partial charge < -0.3 is 15.4 Å². The third-order valence-electron chi connectivity index (χ3n) is 6.57. The summed E-state index contributed by atoms with van der Waals surface area (Å²) in [6.45, 7) is 5.58. The lowest BCUT2D eigenvalue weighted by Gasteiger charge is -2.09. The molecule has 0 aliphatic heterocycles. The predicted molar refractivity (Wildman–Crippen MR) is 168 cm³/mol. The van der Waals surface area contributed by atoms with Crippen molar-refractivity contribution in [2.24, 2.45) is 0 Å². The molecule has 0 aliphatic rings. The molecule has 208 valence electrons. The van der Waals surface area contributed by atoms with Gasteiger partial charge in [0.25, 0.3) is 11.8 Å². The molecule has 0 saturated carbocycles. The number of benzene rings is 3. The standard InChI is InChI=1S/C32H27ClN2O4S2/c1-4-39-32(38)26-19(3)27(29(36)34-22-15-13-21(33)14-16-22)41-31(26)35-30(37)28-24(17-20-11-9-18(2)10-12-20)23-7-5-6-8-25(23)40-28/h5-16H,4,17H2,1-3H3,(H,34,36)(H,35,37). The minimum atomic E-state index is -0.599. The topological polar surface area (TPSA) is 84.5 Å². The Morgan fingerprint density at radius 1 is 0.829 bits per heavy atom. The third-order valence-corrected chi connectivity index (χ3v) is 9.24. The molecule has 5 rings (SSSR count). The van der Waals surface area contributed by atoms with E-state index in [1.807, 2.05) is 31.2 Å². The normalized spacial score (nSPS) is 10.9. The van der Waals surface area contributed by atoms with E-state index in [0.717, 1.165) is 38.1 Å². The molecule has 2 amide bonds. The van der Waals surface area contributed by atoms with Gasteiger partial charge in [-0.1, -0.05) is 59.6 Å². The Bertz CT molecular complexity index is 1760. The van der Waals surface area contributed by atoms with E-state index in [0.29, 0.717) is 32.4 Å². The Hall–Kier alpha value is -3.98. The maximum atomic E-state index is 13.8. The number of halogens is 1. The highest BCUT2D eigenvalue weighted by atomic mass is 35.5. The van der Waals surface area contributed by atoms with Gasteiger partial charge in [-0.05, 0) is 79.6 Å². The van der Waals surface area contributed by atoms with Gasteiger partial charge >= 0.3 is 5.97 Å². The Labute approximate surface area is 250 Å². The molecule has 6 nitrogen and oxygen atoms in total. The molecule has 2 heterocycles. The zero-order chi connectivity index (χ0) is 29.1. The minimum absolute atomic E-state index is 0.158. The molecule has 2 N–H and O–H groups in total. The van der Waals surface area contributed by atoms with Crippen LogP contribution in [0.5, 0.6) is 0 Å². The number of esters is 1. The largest absolute Gasteiger partial charge is 0.462 e. The zero-order valence-corrected chi connectivity index (χ0v) is 25.1. The van der Waals surface area contributed by atoms with E-state index >= 15 is 0 Å². The van der Waals surface area contributed by atoms with Gasteiger partial charge in [0.05, 0.1) is 21.9 Å². The van der Waals surface area contributed by atoms with Gasteiger partial charge in [0.2, 0.25) is 0 Å². The van der Waals surface area contributed by atoms with Crippen LogP contribution in [0.25, 0.3) is 10.1 Å². The monoisotopic (exact) mass is 602 g/mol. The SMILES string of the molecule is CCOC(=O)c1c(NC(=O)c2sc3ccccc3c2Cc2ccc(C)cc2)sc(C(=O)Nc2ccc(Cl)cc2)c1C. The third kappa shape index (κ3) is 6.20. The van der Waals surface area contributed by atoms with Crippen LogP contribution in [-0.2, 0) is 11.2 Å². The van der Waals surface area contributed by atoms with Crippen LogP contribution in [0.3, 0.4) is 0 Å². The summed E-state index contributed by atoms with van der Waals surface area (Å²) in [6, 6.07) is 22.9. The average Bonchev–Trinajstić information content (AvgIpc) is 3.48. The van der Waals surface area contributed by atoms with E-state index in [1.165, 1.54) is 11.3 Å². The van der Waals surface area contributed by atoms with E-state index in [9.17, 15) is 14.4 Å². The summed E-state index contributed by atoms with van der Waals surface area (Å²) in [5, 5.41) is 7.60. The fourth-order valence-corrected chi connectivity index (χ4v) is 6.84. The molecule has 3 aromatic carbocycles. The first-order valence-corrected chi connectivity index (χ1v) is 15.0. The summed E-state index contributed by atoms with van der Waals surface area (Å²) in [7, 11) is 0. The Morgan fingerprint density at radius 3 is 2.22 bits per heavy atom. The second-order valence-corrected chi connectivity index (χ2v) is 12.0. The molecule has 41 heavy (non-hydrogen) atoms. The highest BCUT2D eigenvalue weighted by Gasteiger charge is 2.28. The van der Waals surface area contributed by atoms with E-state index in [1.54, 1.807) is 38.1 Å². The fraction of sp³-hybridized carbons (Fsp3) is 0.156. The molecule has 0 bridgehead atoms. The first-order chi connectivity index (χ1) is 19.7. The van der Waals surface area contributed by atoms with Crippen molar-refractivity contribution in [1.29, 1.82) is 0 Å². The second-order valence-electron chi connectivity index (χ2n) is 9.46. The lowest BCUT2D eigenvalue weighted by atomic mass is 10.0. The van der Waals surface area contributed by atoms with Gasteiger partial charge in [0.1, 0.15) is 5.00 Å². The van der Waals surface area contributed by atoms with E-state index in [4.69, 9.17) is 16.3 Å². The van der Waals surface area contributed by atoms with Crippen LogP contribution < -0.4 is 10.6 Å². The Kier molecular flexibility index (Phi) is 8.54. The first kappa shape index (κ1) is 28.5. The summed E-state index contributed by atoms with van der Waals surface area (Å²) in [6.07, 6.45) is 0.579. The molecule has 5 aromatic rings. The van der Waals surface area contributed by atoms with Gasteiger partial charge in [-0.25, -0.2) is 4.79 Å². The molecule has 0 aliphatic carbocycles. The fourth-order valence-electron chi connectivity index (χ4n) is 4.52. The van der Waals surface area contributed by atoms with Gasteiger partial charge in [-0.3, -0.25) is 9.59 Å². The molecule has 0 unspecified atom stereocenters. The number of amides is 2. The van der Waals surface area contributed by atoms with Crippen molar-refractivity contribution in [3.63, 3.8) is 0 Å². The molecule has 0 spiro atoms. The minimum Gasteiger partial charge on any atom is -0.462 e. The number of aryl methyl sites for hydroxylation is 1. The lowest BCUT2D eigenvalue weighted by Crippen LogP contribution is -2.15. The number of rotatable bonds is 8. The van der Waals surface area contributed by atoms with Crippen molar-refractivity contribution in [3.8, 4) is 0 Å². The van der Waals surface area contributed by atoms with Crippen molar-refractivity contribution in [1.82, 2.24) is 0 Å². The molecular weight excluding hydrogens is 576 g/mol. The summed E-state index contributed by atoms with van der Waals surface area (Å²) >= 11 is 8.42. The number of thiophene rings is 2. The number of carbonyl (C=O) groups excluding carboxylic acids is 3. The van der Waals surface area contributed by atoms with Crippen molar-refractivity contribution in [2.75, 3.05) is 17.2 Å². The maximum absolute atomic E-state index is 13.8. The van der Waals surface area contributed by atoms with Crippen molar-refractivity contribution in [3.05, 3.63) is 115 Å². The first-order valence-electron chi connectivity index (χ1n) is 13.0. The van der Waals surface area contributed by atoms with E-state index in [2.05, 4.69) is 34.9 Å². The average molecular weight is 603 g/mol. The van der Waals surface area contributed by atoms with Gasteiger partial charge in [-0.2, -0.15) is 0 Å². The smallest absolute Gasteiger partial charge is 0.341 e. The highest BCUT2D eigenvalue weighted by molar-refractivity contribution is 7.21. The number of hydrogen-bond donors (Lipinski definition) is 2. The van der Waals surface area contributed by atoms with Crippen LogP contribution in [0.4, 0.5) is 10.7 Å². The Balaban J connectivity index is 1.50. The number of ether oxygens (including phenoxy) is 1. The quantitative estimate of drug-likeness (QED) is 0.174. The van der Waals surface area contributed by atoms with Gasteiger partial charge in [0, 0.05) is 15.4 Å². The lowest BCUT2D eigenvalue weighted by molar-refractivity contribution is 0.0527. The number of hydrogen-bond acceptors (Lipinski definition) is 6. The molecule has 0 atom stereocenters. The van der Waals surface area contributed by atoms with E-state index < -0.39 is 11.9 Å². The van der Waals surface area contributed by atoms with Crippen molar-refractivity contribution >= 4 is 72.8 Å². The summed E-state index contributed by atoms with van der Waals surface area (Å²) in [5.74, 6) is -1.34. The highest BCUT2D eigenvalue weighted by Crippen LogP contribution is 2.37. The summed E-state index contributed by atoms with van der Waals surface area (Å²) < 4.78 is 6.29. The van der Waals surface area contributed by atoms with Crippen LogP contribution in [0.2, 0.25) is 5.02 Å². The van der Waals surface area contributed by atoms with Gasteiger partial charge in [-0.15, -0.1) is 22.7 Å². The van der Waals surface area contributed by atoms with E-state index in [-0.39, 0.29) is 23.1 Å². The molecule has 2 aromatic heterocycles. The second kappa shape index (κ2) is 12.3. The van der Waals surface area contributed by atoms with Gasteiger partial charge in [0.15, 0.2) is 0 Å². The molecule has 0 saturated heterocycles. The Morgan fingerprint density at radius 2 is 1.51 bits per heavy atom. The van der Waals surface area contributed by atoms with Crippen LogP contribution in [0, 0.1) is 13.8 Å². The van der Waals surface area contributed by atoms with Crippen LogP contribution in [0.1, 0.15) is 58.9 Å². The summed E-state index contributed by atoms with van der Waals surface area (Å²) in [5.41, 5.74) is 4.34. The van der Waals surface area contributed by atoms with Crippen LogP contribution in [-0.4, -0.2) is 24.4 Å². The molecular formula is C32H27ClN2O4S2. The summed E-state index contributed by atoms with van der Waals surface area (Å²) in [4.78, 5) is 40.9. The number of nitrogens with one attached hydrogen (secondary N) is 2. The molecule has 9 heteroatoms. The van der Waals surface area contributed by atoms with Crippen LogP contribution in [0.15, 0.2) is 72.8 Å². The van der Waals surface area contributed by atoms with Crippen molar-refractivity contribution < 1.29 is 19.1 Å². The predicted octanol–water partition coefficient (Wildman–Crippen LogP) is 8.51.